The Morgan fingerprint density at radius 3 is 2.89 bits per heavy atom. The molecule has 0 radical (unpaired) electrons. The van der Waals surface area contributed by atoms with Gasteiger partial charge in [-0.15, -0.1) is 0 Å². The largest absolute Gasteiger partial charge is 0.382 e. The van der Waals surface area contributed by atoms with Crippen molar-refractivity contribution in [1.29, 1.82) is 0 Å². The van der Waals surface area contributed by atoms with Crippen LogP contribution in [0.15, 0.2) is 36.7 Å². The fourth-order valence-electron chi connectivity index (χ4n) is 2.26. The van der Waals surface area contributed by atoms with Gasteiger partial charge in [0.25, 0.3) is 0 Å². The van der Waals surface area contributed by atoms with Gasteiger partial charge in [0.1, 0.15) is 0 Å². The van der Waals surface area contributed by atoms with Crippen molar-refractivity contribution in [3.8, 4) is 0 Å². The second kappa shape index (κ2) is 4.84. The zero-order valence-corrected chi connectivity index (χ0v) is 10.2. The highest BCUT2D eigenvalue weighted by Gasteiger charge is 2.19. The zero-order valence-electron chi connectivity index (χ0n) is 10.2. The van der Waals surface area contributed by atoms with Crippen LogP contribution in [-0.4, -0.2) is 18.1 Å². The summed E-state index contributed by atoms with van der Waals surface area (Å²) in [5, 5.41) is 3.08. The molecule has 1 aliphatic heterocycles. The van der Waals surface area contributed by atoms with Gasteiger partial charge in [0.15, 0.2) is 11.6 Å². The monoisotopic (exact) mass is 261 g/mol. The molecule has 2 heterocycles. The quantitative estimate of drug-likeness (QED) is 0.901. The van der Waals surface area contributed by atoms with Crippen molar-refractivity contribution < 1.29 is 8.78 Å². The van der Waals surface area contributed by atoms with Crippen LogP contribution in [-0.2, 0) is 6.54 Å². The molecule has 0 spiro atoms. The van der Waals surface area contributed by atoms with E-state index in [1.165, 1.54) is 12.1 Å². The van der Waals surface area contributed by atoms with Crippen molar-refractivity contribution in [2.24, 2.45) is 0 Å². The maximum atomic E-state index is 13.4. The van der Waals surface area contributed by atoms with Crippen molar-refractivity contribution in [3.63, 3.8) is 0 Å². The lowest BCUT2D eigenvalue weighted by atomic mass is 10.1. The fraction of sp³-hybridized carbons (Fsp3) is 0.214. The zero-order chi connectivity index (χ0) is 13.2. The first-order valence-corrected chi connectivity index (χ1v) is 6.11. The summed E-state index contributed by atoms with van der Waals surface area (Å²) in [5.74, 6) is -1.65. The number of hydrogen-bond donors (Lipinski definition) is 1. The molecule has 0 aliphatic carbocycles. The van der Waals surface area contributed by atoms with E-state index in [0.29, 0.717) is 24.5 Å². The number of rotatable bonds is 2. The Bertz CT molecular complexity index is 587. The van der Waals surface area contributed by atoms with Crippen LogP contribution < -0.4 is 10.2 Å². The Hall–Kier alpha value is -2.17. The lowest BCUT2D eigenvalue weighted by Gasteiger charge is -2.32. The van der Waals surface area contributed by atoms with Crippen LogP contribution in [0.4, 0.5) is 20.2 Å². The van der Waals surface area contributed by atoms with Crippen LogP contribution in [0.5, 0.6) is 0 Å². The molecule has 0 saturated heterocycles. The summed E-state index contributed by atoms with van der Waals surface area (Å²) >= 11 is 0. The van der Waals surface area contributed by atoms with Gasteiger partial charge in [0.2, 0.25) is 0 Å². The molecule has 1 aromatic carbocycles. The van der Waals surface area contributed by atoms with E-state index in [-0.39, 0.29) is 0 Å². The second-order valence-corrected chi connectivity index (χ2v) is 4.49. The van der Waals surface area contributed by atoms with Crippen molar-refractivity contribution in [3.05, 3.63) is 53.9 Å². The molecule has 1 N–H and O–H groups in total. The van der Waals surface area contributed by atoms with Gasteiger partial charge in [-0.2, -0.15) is 0 Å². The van der Waals surface area contributed by atoms with E-state index >= 15 is 0 Å². The molecule has 19 heavy (non-hydrogen) atoms. The van der Waals surface area contributed by atoms with Gasteiger partial charge in [-0.1, -0.05) is 6.07 Å². The Morgan fingerprint density at radius 1 is 1.26 bits per heavy atom. The first kappa shape index (κ1) is 11.9. The van der Waals surface area contributed by atoms with E-state index in [0.717, 1.165) is 12.1 Å². The highest BCUT2D eigenvalue weighted by molar-refractivity contribution is 5.72. The van der Waals surface area contributed by atoms with Crippen molar-refractivity contribution in [1.82, 2.24) is 4.98 Å². The van der Waals surface area contributed by atoms with Crippen LogP contribution in [0.3, 0.4) is 0 Å². The molecule has 5 heteroatoms. The lowest BCUT2D eigenvalue weighted by Crippen LogP contribution is -2.33. The van der Waals surface area contributed by atoms with Crippen molar-refractivity contribution in [2.45, 2.75) is 6.54 Å². The van der Waals surface area contributed by atoms with Crippen molar-refractivity contribution >= 4 is 11.4 Å². The highest BCUT2D eigenvalue weighted by Crippen LogP contribution is 2.32. The maximum Gasteiger partial charge on any atom is 0.161 e. The summed E-state index contributed by atoms with van der Waals surface area (Å²) < 4.78 is 26.6. The average molecular weight is 261 g/mol. The Kier molecular flexibility index (Phi) is 3.03. The number of benzene rings is 1. The molecular weight excluding hydrogens is 248 g/mol. The number of anilines is 2. The summed E-state index contributed by atoms with van der Waals surface area (Å²) in [5.41, 5.74) is 2.36. The molecule has 0 saturated carbocycles. The smallest absolute Gasteiger partial charge is 0.161 e. The molecule has 0 unspecified atom stereocenters. The number of halogens is 2. The fourth-order valence-corrected chi connectivity index (χ4v) is 2.26. The third kappa shape index (κ3) is 2.36. The van der Waals surface area contributed by atoms with Gasteiger partial charge in [-0.05, 0) is 11.6 Å². The summed E-state index contributed by atoms with van der Waals surface area (Å²) in [6, 6.07) is 6.28. The molecule has 3 nitrogen and oxygen atoms in total. The van der Waals surface area contributed by atoms with Gasteiger partial charge in [-0.25, -0.2) is 8.78 Å². The van der Waals surface area contributed by atoms with E-state index in [1.54, 1.807) is 12.4 Å². The molecule has 0 bridgehead atoms. The Balaban J connectivity index is 1.92. The van der Waals surface area contributed by atoms with E-state index in [2.05, 4.69) is 10.3 Å². The Labute approximate surface area is 109 Å². The summed E-state index contributed by atoms with van der Waals surface area (Å²) in [4.78, 5) is 6.08. The molecule has 0 fully saturated rings. The van der Waals surface area contributed by atoms with Crippen LogP contribution in [0, 0.1) is 11.6 Å². The molecule has 1 aliphatic rings. The van der Waals surface area contributed by atoms with Crippen LogP contribution >= 0.6 is 0 Å². The third-order valence-electron chi connectivity index (χ3n) is 3.17. The predicted octanol–water partition coefficient (Wildman–Crippen LogP) is 2.79. The van der Waals surface area contributed by atoms with Gasteiger partial charge in [0, 0.05) is 44.2 Å². The summed E-state index contributed by atoms with van der Waals surface area (Å²) in [7, 11) is 0. The molecular formula is C14H13F2N3. The van der Waals surface area contributed by atoms with Gasteiger partial charge in [0.05, 0.1) is 11.4 Å². The van der Waals surface area contributed by atoms with E-state index in [4.69, 9.17) is 0 Å². The minimum absolute atomic E-state index is 0.633. The standard InChI is InChI=1S/C14H13F2N3/c15-11-6-13-14(7-12(11)16)19(5-4-18-13)9-10-2-1-3-17-8-10/h1-3,6-8,18H,4-5,9H2. The number of hydrogen-bond acceptors (Lipinski definition) is 3. The topological polar surface area (TPSA) is 28.2 Å². The third-order valence-corrected chi connectivity index (χ3v) is 3.17. The number of aromatic nitrogens is 1. The molecule has 1 aromatic heterocycles. The second-order valence-electron chi connectivity index (χ2n) is 4.49. The van der Waals surface area contributed by atoms with Gasteiger partial charge >= 0.3 is 0 Å². The van der Waals surface area contributed by atoms with E-state index < -0.39 is 11.6 Å². The molecule has 0 atom stereocenters. The van der Waals surface area contributed by atoms with E-state index in [1.807, 2.05) is 17.0 Å². The lowest BCUT2D eigenvalue weighted by molar-refractivity contribution is 0.508. The molecule has 3 rings (SSSR count). The van der Waals surface area contributed by atoms with Crippen LogP contribution in [0.25, 0.3) is 0 Å². The van der Waals surface area contributed by atoms with Crippen molar-refractivity contribution in [2.75, 3.05) is 23.3 Å². The number of pyridine rings is 1. The van der Waals surface area contributed by atoms with Gasteiger partial charge in [-0.3, -0.25) is 4.98 Å². The summed E-state index contributed by atoms with van der Waals surface area (Å²) in [6.45, 7) is 2.08. The molecule has 0 amide bonds. The molecule has 2 aromatic rings. The van der Waals surface area contributed by atoms with Crippen LogP contribution in [0.1, 0.15) is 5.56 Å². The molecule has 98 valence electrons. The first-order valence-electron chi connectivity index (χ1n) is 6.11. The van der Waals surface area contributed by atoms with Crippen LogP contribution in [0.2, 0.25) is 0 Å². The normalized spacial score (nSPS) is 13.9. The summed E-state index contributed by atoms with van der Waals surface area (Å²) in [6.07, 6.45) is 3.49. The Morgan fingerprint density at radius 2 is 2.11 bits per heavy atom. The predicted molar refractivity (Wildman–Crippen MR) is 70.1 cm³/mol. The minimum atomic E-state index is -0.825. The SMILES string of the molecule is Fc1cc2c(cc1F)N(Cc1cccnc1)CCN2. The number of nitrogens with zero attached hydrogens (tertiary/aromatic N) is 2. The first-order chi connectivity index (χ1) is 9.24. The number of nitrogens with one attached hydrogen (secondary N) is 1. The average Bonchev–Trinajstić information content (AvgIpc) is 2.42. The number of fused-ring (bicyclic) bond motifs is 1. The minimum Gasteiger partial charge on any atom is -0.382 e. The van der Waals surface area contributed by atoms with E-state index in [9.17, 15) is 8.78 Å². The highest BCUT2D eigenvalue weighted by atomic mass is 19.2. The van der Waals surface area contributed by atoms with Gasteiger partial charge < -0.3 is 10.2 Å². The maximum absolute atomic E-state index is 13.4.